The van der Waals surface area contributed by atoms with Gasteiger partial charge in [-0.1, -0.05) is 15.9 Å². The molecule has 0 radical (unpaired) electrons. The second-order valence-corrected chi connectivity index (χ2v) is 3.83. The highest BCUT2D eigenvalue weighted by molar-refractivity contribution is 9.09. The molecule has 2 nitrogen and oxygen atoms in total. The number of hydrogen-bond acceptors (Lipinski definition) is 2. The first-order valence-electron chi connectivity index (χ1n) is 4.59. The van der Waals surface area contributed by atoms with E-state index >= 15 is 0 Å². The topological polar surface area (TPSA) is 21.3 Å². The van der Waals surface area contributed by atoms with E-state index in [2.05, 4.69) is 28.2 Å². The third-order valence-corrected chi connectivity index (χ3v) is 2.27. The normalized spacial score (nSPS) is 13.2. The van der Waals surface area contributed by atoms with Gasteiger partial charge in [-0.05, 0) is 32.7 Å². The van der Waals surface area contributed by atoms with Gasteiger partial charge in [0.25, 0.3) is 0 Å². The molecule has 0 bridgehead atoms. The van der Waals surface area contributed by atoms with Gasteiger partial charge in [0, 0.05) is 25.1 Å². The smallest absolute Gasteiger partial charge is 0.0462 e. The van der Waals surface area contributed by atoms with Gasteiger partial charge in [-0.25, -0.2) is 0 Å². The first-order valence-corrected chi connectivity index (χ1v) is 5.71. The van der Waals surface area contributed by atoms with Crippen LogP contribution in [0.2, 0.25) is 0 Å². The number of hydrogen-bond donors (Lipinski definition) is 1. The first kappa shape index (κ1) is 12.4. The van der Waals surface area contributed by atoms with Gasteiger partial charge in [-0.3, -0.25) is 0 Å². The van der Waals surface area contributed by atoms with Crippen LogP contribution in [-0.4, -0.2) is 31.6 Å². The van der Waals surface area contributed by atoms with Gasteiger partial charge < -0.3 is 10.1 Å². The quantitative estimate of drug-likeness (QED) is 0.517. The average molecular weight is 238 g/mol. The van der Waals surface area contributed by atoms with E-state index in [9.17, 15) is 0 Å². The summed E-state index contributed by atoms with van der Waals surface area (Å²) < 4.78 is 4.96. The van der Waals surface area contributed by atoms with E-state index in [0.717, 1.165) is 24.9 Å². The third-order valence-electron chi connectivity index (χ3n) is 1.81. The fourth-order valence-electron chi connectivity index (χ4n) is 0.986. The number of rotatable bonds is 8. The molecule has 0 spiro atoms. The molecule has 0 saturated heterocycles. The van der Waals surface area contributed by atoms with Gasteiger partial charge in [0.15, 0.2) is 0 Å². The van der Waals surface area contributed by atoms with E-state index in [0.29, 0.717) is 6.04 Å². The number of halogens is 1. The molecule has 0 aliphatic rings. The van der Waals surface area contributed by atoms with E-state index < -0.39 is 0 Å². The average Bonchev–Trinajstić information content (AvgIpc) is 2.05. The fourth-order valence-corrected chi connectivity index (χ4v) is 1.67. The number of alkyl halides is 1. The summed E-state index contributed by atoms with van der Waals surface area (Å²) in [5.41, 5.74) is 0. The summed E-state index contributed by atoms with van der Waals surface area (Å²) in [6.07, 6.45) is 3.56. The Morgan fingerprint density at radius 2 is 2.17 bits per heavy atom. The maximum atomic E-state index is 4.96. The van der Waals surface area contributed by atoms with Crippen molar-refractivity contribution in [3.05, 3.63) is 0 Å². The maximum Gasteiger partial charge on any atom is 0.0462 e. The van der Waals surface area contributed by atoms with Gasteiger partial charge in [-0.2, -0.15) is 0 Å². The Bertz CT molecular complexity index is 90.6. The predicted octanol–water partition coefficient (Wildman–Crippen LogP) is 2.18. The highest BCUT2D eigenvalue weighted by atomic mass is 79.9. The lowest BCUT2D eigenvalue weighted by Crippen LogP contribution is -2.27. The SMILES string of the molecule is COCCCCNC(C)CCBr. The predicted molar refractivity (Wildman–Crippen MR) is 57.0 cm³/mol. The zero-order chi connectivity index (χ0) is 9.23. The van der Waals surface area contributed by atoms with Crippen LogP contribution in [0.25, 0.3) is 0 Å². The van der Waals surface area contributed by atoms with Crippen LogP contribution >= 0.6 is 15.9 Å². The molecule has 0 saturated carbocycles. The van der Waals surface area contributed by atoms with Crippen molar-refractivity contribution in [2.45, 2.75) is 32.2 Å². The summed E-state index contributed by atoms with van der Waals surface area (Å²) in [6, 6.07) is 0.631. The molecule has 0 fully saturated rings. The van der Waals surface area contributed by atoms with Crippen LogP contribution in [-0.2, 0) is 4.74 Å². The Labute approximate surface area is 84.2 Å². The first-order chi connectivity index (χ1) is 5.81. The van der Waals surface area contributed by atoms with Crippen molar-refractivity contribution in [1.29, 1.82) is 0 Å². The lowest BCUT2D eigenvalue weighted by atomic mass is 10.2. The fraction of sp³-hybridized carbons (Fsp3) is 1.00. The van der Waals surface area contributed by atoms with Crippen LogP contribution in [0.5, 0.6) is 0 Å². The van der Waals surface area contributed by atoms with Gasteiger partial charge in [0.1, 0.15) is 0 Å². The van der Waals surface area contributed by atoms with E-state index in [4.69, 9.17) is 4.74 Å². The van der Waals surface area contributed by atoms with E-state index in [-0.39, 0.29) is 0 Å². The number of ether oxygens (including phenoxy) is 1. The standard InChI is InChI=1S/C9H20BrNO/c1-9(5-6-10)11-7-3-4-8-12-2/h9,11H,3-8H2,1-2H3. The summed E-state index contributed by atoms with van der Waals surface area (Å²) in [5, 5.41) is 4.54. The summed E-state index contributed by atoms with van der Waals surface area (Å²) in [5.74, 6) is 0. The molecule has 12 heavy (non-hydrogen) atoms. The summed E-state index contributed by atoms with van der Waals surface area (Å²) in [6.45, 7) is 4.21. The van der Waals surface area contributed by atoms with Gasteiger partial charge in [0.2, 0.25) is 0 Å². The molecule has 3 heteroatoms. The van der Waals surface area contributed by atoms with Crippen molar-refractivity contribution < 1.29 is 4.74 Å². The van der Waals surface area contributed by atoms with Gasteiger partial charge in [0.05, 0.1) is 0 Å². The van der Waals surface area contributed by atoms with Crippen molar-refractivity contribution in [2.75, 3.05) is 25.6 Å². The molecule has 0 amide bonds. The maximum absolute atomic E-state index is 4.96. The largest absolute Gasteiger partial charge is 0.385 e. The lowest BCUT2D eigenvalue weighted by molar-refractivity contribution is 0.192. The minimum Gasteiger partial charge on any atom is -0.385 e. The van der Waals surface area contributed by atoms with Crippen LogP contribution in [0.4, 0.5) is 0 Å². The Kier molecular flexibility index (Phi) is 9.80. The summed E-state index contributed by atoms with van der Waals surface area (Å²) >= 11 is 3.42. The molecule has 0 rings (SSSR count). The van der Waals surface area contributed by atoms with Crippen molar-refractivity contribution >= 4 is 15.9 Å². The van der Waals surface area contributed by atoms with E-state index in [1.54, 1.807) is 7.11 Å². The van der Waals surface area contributed by atoms with Crippen molar-refractivity contribution in [1.82, 2.24) is 5.32 Å². The second kappa shape index (κ2) is 9.49. The molecule has 1 N–H and O–H groups in total. The molecule has 0 aromatic rings. The molecule has 0 aromatic heterocycles. The van der Waals surface area contributed by atoms with Crippen molar-refractivity contribution in [2.24, 2.45) is 0 Å². The monoisotopic (exact) mass is 237 g/mol. The molecule has 1 atom stereocenters. The molecule has 74 valence electrons. The second-order valence-electron chi connectivity index (χ2n) is 3.03. The van der Waals surface area contributed by atoms with Gasteiger partial charge >= 0.3 is 0 Å². The Balaban J connectivity index is 2.97. The Hall–Kier alpha value is 0.400. The highest BCUT2D eigenvalue weighted by Gasteiger charge is 1.97. The van der Waals surface area contributed by atoms with Crippen LogP contribution in [0.15, 0.2) is 0 Å². The number of nitrogens with one attached hydrogen (secondary N) is 1. The lowest BCUT2D eigenvalue weighted by Gasteiger charge is -2.11. The third kappa shape index (κ3) is 8.50. The minimum atomic E-state index is 0.631. The van der Waals surface area contributed by atoms with Crippen LogP contribution in [0.3, 0.4) is 0 Å². The minimum absolute atomic E-state index is 0.631. The number of methoxy groups -OCH3 is 1. The molecule has 1 unspecified atom stereocenters. The molecular weight excluding hydrogens is 218 g/mol. The summed E-state index contributed by atoms with van der Waals surface area (Å²) in [4.78, 5) is 0. The van der Waals surface area contributed by atoms with Crippen LogP contribution in [0, 0.1) is 0 Å². The highest BCUT2D eigenvalue weighted by Crippen LogP contribution is 1.95. The van der Waals surface area contributed by atoms with Crippen LogP contribution in [0.1, 0.15) is 26.2 Å². The molecule has 0 aliphatic heterocycles. The van der Waals surface area contributed by atoms with Crippen molar-refractivity contribution in [3.63, 3.8) is 0 Å². The number of unbranched alkanes of at least 4 members (excludes halogenated alkanes) is 1. The molecule has 0 aromatic carbocycles. The molecule has 0 aliphatic carbocycles. The summed E-state index contributed by atoms with van der Waals surface area (Å²) in [7, 11) is 1.75. The molecular formula is C9H20BrNO. The van der Waals surface area contributed by atoms with Crippen LogP contribution < -0.4 is 5.32 Å². The zero-order valence-corrected chi connectivity index (χ0v) is 9.69. The Morgan fingerprint density at radius 1 is 1.42 bits per heavy atom. The van der Waals surface area contributed by atoms with E-state index in [1.165, 1.54) is 12.8 Å². The van der Waals surface area contributed by atoms with Crippen molar-refractivity contribution in [3.8, 4) is 0 Å². The zero-order valence-electron chi connectivity index (χ0n) is 8.11. The van der Waals surface area contributed by atoms with Gasteiger partial charge in [-0.15, -0.1) is 0 Å². The Morgan fingerprint density at radius 3 is 2.75 bits per heavy atom. The van der Waals surface area contributed by atoms with E-state index in [1.807, 2.05) is 0 Å². The molecule has 0 heterocycles.